The quantitative estimate of drug-likeness (QED) is 0.111. The smallest absolute Gasteiger partial charge is 0.311 e. The summed E-state index contributed by atoms with van der Waals surface area (Å²) in [7, 11) is 0. The number of phenolic OH excluding ortho intramolecular Hbond substituents is 1. The lowest BCUT2D eigenvalue weighted by Gasteiger charge is -2.59. The molecule has 0 heterocycles. The van der Waals surface area contributed by atoms with Crippen molar-refractivity contribution < 1.29 is 29.4 Å². The lowest BCUT2D eigenvalue weighted by atomic mass is 9.44. The third-order valence-corrected chi connectivity index (χ3v) is 8.51. The Kier molecular flexibility index (Phi) is 8.67. The van der Waals surface area contributed by atoms with E-state index in [-0.39, 0.29) is 59.6 Å². The van der Waals surface area contributed by atoms with E-state index in [1.165, 1.54) is 6.42 Å². The summed E-state index contributed by atoms with van der Waals surface area (Å²) >= 11 is 0. The number of carbonyl (C=O) groups excluding carboxylic acids is 2. The summed E-state index contributed by atoms with van der Waals surface area (Å²) in [6.45, 7) is 10.4. The Labute approximate surface area is 213 Å². The maximum atomic E-state index is 12.8. The van der Waals surface area contributed by atoms with Crippen LogP contribution in [0.5, 0.6) is 11.5 Å². The van der Waals surface area contributed by atoms with Gasteiger partial charge in [0.25, 0.3) is 5.09 Å². The number of aromatic hydroxyl groups is 1. The van der Waals surface area contributed by atoms with Crippen LogP contribution in [-0.2, 0) is 19.8 Å². The molecule has 1 aromatic carbocycles. The zero-order chi connectivity index (χ0) is 26.7. The Morgan fingerprint density at radius 2 is 1.94 bits per heavy atom. The number of hydrogen-bond acceptors (Lipinski definition) is 7. The summed E-state index contributed by atoms with van der Waals surface area (Å²) in [6.07, 6.45) is 6.65. The number of unbranched alkanes of at least 4 members (excludes halogenated alkanes) is 3. The highest BCUT2D eigenvalue weighted by atomic mass is 16.9. The number of phenols is 1. The molecule has 8 heteroatoms. The van der Waals surface area contributed by atoms with Crippen LogP contribution < -0.4 is 4.74 Å². The molecule has 1 aromatic rings. The molecule has 0 unspecified atom stereocenters. The molecule has 0 aromatic heterocycles. The predicted octanol–water partition coefficient (Wildman–Crippen LogP) is 6.25. The fourth-order valence-corrected chi connectivity index (χ4v) is 6.12. The maximum Gasteiger partial charge on any atom is 0.311 e. The molecule has 1 N–H and O–H groups in total. The van der Waals surface area contributed by atoms with Crippen LogP contribution in [0, 0.1) is 27.4 Å². The third kappa shape index (κ3) is 6.01. The highest BCUT2D eigenvalue weighted by Gasteiger charge is 2.59. The number of benzene rings is 1. The molecule has 8 nitrogen and oxygen atoms in total. The zero-order valence-electron chi connectivity index (χ0n) is 22.3. The second-order valence-corrected chi connectivity index (χ2v) is 11.7. The summed E-state index contributed by atoms with van der Waals surface area (Å²) < 4.78 is 5.80. The summed E-state index contributed by atoms with van der Waals surface area (Å²) in [5, 5.41) is 20.8. The van der Waals surface area contributed by atoms with Gasteiger partial charge in [0.2, 0.25) is 0 Å². The molecule has 0 aliphatic heterocycles. The van der Waals surface area contributed by atoms with Crippen molar-refractivity contribution in [1.29, 1.82) is 0 Å². The van der Waals surface area contributed by atoms with E-state index in [1.54, 1.807) is 6.07 Å². The van der Waals surface area contributed by atoms with Crippen LogP contribution in [0.25, 0.3) is 0 Å². The summed E-state index contributed by atoms with van der Waals surface area (Å²) in [4.78, 5) is 40.2. The molecule has 36 heavy (non-hydrogen) atoms. The second-order valence-electron chi connectivity index (χ2n) is 11.7. The minimum absolute atomic E-state index is 0.0508. The number of rotatable bonds is 13. The molecule has 3 saturated carbocycles. The van der Waals surface area contributed by atoms with Crippen molar-refractivity contribution in [1.82, 2.24) is 0 Å². The first-order valence-corrected chi connectivity index (χ1v) is 13.3. The number of Topliss-reactive ketones (excluding diaryl/α,β-unsaturated/α-hetero) is 1. The number of fused-ring (bicyclic) bond motifs is 2. The van der Waals surface area contributed by atoms with Gasteiger partial charge in [-0.3, -0.25) is 9.59 Å². The van der Waals surface area contributed by atoms with Crippen LogP contribution in [0.4, 0.5) is 0 Å². The molecule has 0 amide bonds. The summed E-state index contributed by atoms with van der Waals surface area (Å²) in [5.41, 5.74) is 1.01. The highest BCUT2D eigenvalue weighted by molar-refractivity contribution is 5.86. The van der Waals surface area contributed by atoms with E-state index >= 15 is 0 Å². The van der Waals surface area contributed by atoms with Crippen molar-refractivity contribution >= 4 is 11.8 Å². The first-order valence-electron chi connectivity index (χ1n) is 13.3. The van der Waals surface area contributed by atoms with Crippen molar-refractivity contribution in [2.24, 2.45) is 17.3 Å². The van der Waals surface area contributed by atoms with Gasteiger partial charge in [-0.2, -0.15) is 0 Å². The van der Waals surface area contributed by atoms with Crippen molar-refractivity contribution in [2.75, 3.05) is 6.61 Å². The largest absolute Gasteiger partial charge is 0.508 e. The summed E-state index contributed by atoms with van der Waals surface area (Å²) in [5.74, 6) is 0.0489. The standard InChI is InChI=1S/C28H41NO7/c1-6-7-8-9-12-27(2,3)18-14-23(31)26(19-16-22(30)21-17-20(19)28(21,4)5)24(15-18)36-25(32)11-10-13-35-29(33)34/h14-15,19-21,31H,6-13,16-17H2,1-5H3/t19-,20-,21-/m0/s1. The van der Waals surface area contributed by atoms with Crippen molar-refractivity contribution in [2.45, 2.75) is 104 Å². The van der Waals surface area contributed by atoms with Crippen molar-refractivity contribution in [3.63, 3.8) is 0 Å². The first-order chi connectivity index (χ1) is 16.9. The molecule has 4 rings (SSSR count). The van der Waals surface area contributed by atoms with E-state index in [0.717, 1.165) is 37.7 Å². The van der Waals surface area contributed by atoms with Crippen LogP contribution in [0.2, 0.25) is 0 Å². The number of esters is 1. The molecule has 3 fully saturated rings. The van der Waals surface area contributed by atoms with Gasteiger partial charge in [0.15, 0.2) is 0 Å². The van der Waals surface area contributed by atoms with Crippen LogP contribution in [0.15, 0.2) is 12.1 Å². The van der Waals surface area contributed by atoms with Gasteiger partial charge in [-0.25, -0.2) is 0 Å². The lowest BCUT2D eigenvalue weighted by molar-refractivity contribution is -0.757. The number of carbonyl (C=O) groups is 2. The molecule has 2 bridgehead atoms. The van der Waals surface area contributed by atoms with Crippen molar-refractivity contribution in [3.05, 3.63) is 33.4 Å². The van der Waals surface area contributed by atoms with Gasteiger partial charge in [0.1, 0.15) is 17.3 Å². The SMILES string of the molecule is CCCCCCC(C)(C)c1cc(O)c([C@H]2CC(=O)[C@@H]3C[C@@H]2C3(C)C)c(OC(=O)CCCO[N+](=O)[O-])c1. The molecule has 3 atom stereocenters. The van der Waals surface area contributed by atoms with Crippen LogP contribution in [0.3, 0.4) is 0 Å². The Balaban J connectivity index is 1.90. The van der Waals surface area contributed by atoms with Gasteiger partial charge in [-0.05, 0) is 53.7 Å². The number of nitrogens with zero attached hydrogens (tertiary/aromatic N) is 1. The van der Waals surface area contributed by atoms with Crippen LogP contribution in [0.1, 0.15) is 109 Å². The Bertz CT molecular complexity index is 984. The topological polar surface area (TPSA) is 116 Å². The Hall–Kier alpha value is -2.64. The average Bonchev–Trinajstić information content (AvgIpc) is 2.78. The van der Waals surface area contributed by atoms with Gasteiger partial charge in [0.05, 0.1) is 6.61 Å². The van der Waals surface area contributed by atoms with Gasteiger partial charge >= 0.3 is 5.97 Å². The van der Waals surface area contributed by atoms with Crippen LogP contribution >= 0.6 is 0 Å². The number of hydrogen-bond donors (Lipinski definition) is 1. The molecule has 3 aliphatic rings. The zero-order valence-corrected chi connectivity index (χ0v) is 22.3. The molecule has 200 valence electrons. The van der Waals surface area contributed by atoms with Gasteiger partial charge in [0, 0.05) is 30.2 Å². The number of ether oxygens (including phenoxy) is 1. The minimum Gasteiger partial charge on any atom is -0.508 e. The maximum absolute atomic E-state index is 12.8. The van der Waals surface area contributed by atoms with Gasteiger partial charge < -0.3 is 14.7 Å². The highest BCUT2D eigenvalue weighted by Crippen LogP contribution is 2.64. The van der Waals surface area contributed by atoms with Crippen molar-refractivity contribution in [3.8, 4) is 11.5 Å². The van der Waals surface area contributed by atoms with E-state index in [2.05, 4.69) is 39.5 Å². The van der Waals surface area contributed by atoms with Gasteiger partial charge in [-0.15, -0.1) is 10.1 Å². The fourth-order valence-electron chi connectivity index (χ4n) is 6.12. The van der Waals surface area contributed by atoms with E-state index < -0.39 is 11.1 Å². The molecular weight excluding hydrogens is 462 g/mol. The Morgan fingerprint density at radius 3 is 2.56 bits per heavy atom. The number of ketones is 1. The lowest BCUT2D eigenvalue weighted by Crippen LogP contribution is -2.56. The van der Waals surface area contributed by atoms with E-state index in [1.807, 2.05) is 6.07 Å². The third-order valence-electron chi connectivity index (χ3n) is 8.51. The Morgan fingerprint density at radius 1 is 1.22 bits per heavy atom. The fraction of sp³-hybridized carbons (Fsp3) is 0.714. The molecule has 0 radical (unpaired) electrons. The van der Waals surface area contributed by atoms with Crippen LogP contribution in [-0.4, -0.2) is 28.6 Å². The second kappa shape index (κ2) is 11.2. The monoisotopic (exact) mass is 503 g/mol. The first kappa shape index (κ1) is 27.9. The minimum atomic E-state index is -0.888. The van der Waals surface area contributed by atoms with Gasteiger partial charge in [-0.1, -0.05) is 60.3 Å². The van der Waals surface area contributed by atoms with E-state index in [4.69, 9.17) is 4.74 Å². The summed E-state index contributed by atoms with van der Waals surface area (Å²) in [6, 6.07) is 3.63. The molecule has 0 spiro atoms. The van der Waals surface area contributed by atoms with E-state index in [0.29, 0.717) is 17.7 Å². The molecule has 0 saturated heterocycles. The van der Waals surface area contributed by atoms with E-state index in [9.17, 15) is 24.8 Å². The average molecular weight is 504 g/mol. The molecular formula is C28H41NO7. The molecule has 3 aliphatic carbocycles. The predicted molar refractivity (Wildman–Crippen MR) is 135 cm³/mol. The normalized spacial score (nSPS) is 22.6.